The highest BCUT2D eigenvalue weighted by Gasteiger charge is 2.27. The van der Waals surface area contributed by atoms with Gasteiger partial charge in [0.1, 0.15) is 5.82 Å². The molecule has 0 spiro atoms. The monoisotopic (exact) mass is 319 g/mol. The van der Waals surface area contributed by atoms with Crippen molar-refractivity contribution in [1.29, 1.82) is 0 Å². The van der Waals surface area contributed by atoms with Crippen molar-refractivity contribution in [3.8, 4) is 5.88 Å². The lowest BCUT2D eigenvalue weighted by molar-refractivity contribution is -0.134. The summed E-state index contributed by atoms with van der Waals surface area (Å²) in [6, 6.07) is 1.66. The molecule has 0 bridgehead atoms. The molecular weight excluding hydrogens is 302 g/mol. The fourth-order valence-corrected chi connectivity index (χ4v) is 2.86. The van der Waals surface area contributed by atoms with E-state index in [9.17, 15) is 9.59 Å². The molecule has 3 heterocycles. The largest absolute Gasteiger partial charge is 0.481 e. The normalized spacial score (nSPS) is 15.7. The highest BCUT2D eigenvalue weighted by Crippen LogP contribution is 2.29. The second-order valence-corrected chi connectivity index (χ2v) is 5.39. The summed E-state index contributed by atoms with van der Waals surface area (Å²) in [7, 11) is 1.51. The molecule has 1 aliphatic heterocycles. The van der Waals surface area contributed by atoms with Crippen molar-refractivity contribution >= 4 is 22.5 Å². The second kappa shape index (κ2) is 6.21. The number of ether oxygens (including phenoxy) is 1. The van der Waals surface area contributed by atoms with Gasteiger partial charge in [-0.25, -0.2) is 10.6 Å². The Hall–Kier alpha value is -2.68. The van der Waals surface area contributed by atoms with E-state index in [2.05, 4.69) is 15.2 Å². The van der Waals surface area contributed by atoms with Crippen LogP contribution in [0.15, 0.2) is 17.1 Å². The Bertz CT molecular complexity index is 782. The van der Waals surface area contributed by atoms with E-state index in [1.807, 2.05) is 4.90 Å². The number of methoxy groups -OCH3 is 1. The lowest BCUT2D eigenvalue weighted by Crippen LogP contribution is -2.40. The summed E-state index contributed by atoms with van der Waals surface area (Å²) < 4.78 is 5.20. The third-order valence-electron chi connectivity index (χ3n) is 4.09. The standard InChI is InChI=1S/C14H17N5O4/c1-23-10-6-9-7-15-17-14(21)11(9)12(16-10)19-4-2-8(3-5-19)13(20)18-22/h6-8,22H,2-5H2,1H3,(H,17,21)(H,18,20). The highest BCUT2D eigenvalue weighted by molar-refractivity contribution is 5.91. The average Bonchev–Trinajstić information content (AvgIpc) is 2.60. The van der Waals surface area contributed by atoms with Gasteiger partial charge in [-0.1, -0.05) is 0 Å². The van der Waals surface area contributed by atoms with Gasteiger partial charge in [0.2, 0.25) is 11.8 Å². The van der Waals surface area contributed by atoms with Crippen molar-refractivity contribution in [2.75, 3.05) is 25.1 Å². The summed E-state index contributed by atoms with van der Waals surface area (Å²) in [5.74, 6) is 0.296. The van der Waals surface area contributed by atoms with Gasteiger partial charge in [0, 0.05) is 30.5 Å². The van der Waals surface area contributed by atoms with E-state index in [-0.39, 0.29) is 17.4 Å². The van der Waals surface area contributed by atoms with Crippen molar-refractivity contribution in [3.63, 3.8) is 0 Å². The van der Waals surface area contributed by atoms with Gasteiger partial charge in [-0.3, -0.25) is 14.8 Å². The Kier molecular flexibility index (Phi) is 4.11. The van der Waals surface area contributed by atoms with E-state index in [4.69, 9.17) is 9.94 Å². The van der Waals surface area contributed by atoms with Gasteiger partial charge in [0.15, 0.2) is 0 Å². The number of carbonyl (C=O) groups excluding carboxylic acids is 1. The molecule has 9 nitrogen and oxygen atoms in total. The molecule has 2 aromatic heterocycles. The molecule has 122 valence electrons. The van der Waals surface area contributed by atoms with Crippen LogP contribution in [0.5, 0.6) is 5.88 Å². The fraction of sp³-hybridized carbons (Fsp3) is 0.429. The molecular formula is C14H17N5O4. The smallest absolute Gasteiger partial charge is 0.275 e. The molecule has 0 aromatic carbocycles. The van der Waals surface area contributed by atoms with Crippen LogP contribution >= 0.6 is 0 Å². The molecule has 0 aliphatic carbocycles. The van der Waals surface area contributed by atoms with Gasteiger partial charge in [0.05, 0.1) is 18.7 Å². The maximum Gasteiger partial charge on any atom is 0.275 e. The Balaban J connectivity index is 1.97. The van der Waals surface area contributed by atoms with Gasteiger partial charge in [-0.15, -0.1) is 0 Å². The molecule has 2 aromatic rings. The summed E-state index contributed by atoms with van der Waals surface area (Å²) in [5, 5.41) is 16.0. The predicted molar refractivity (Wildman–Crippen MR) is 81.6 cm³/mol. The number of hydrogen-bond acceptors (Lipinski definition) is 7. The van der Waals surface area contributed by atoms with E-state index >= 15 is 0 Å². The van der Waals surface area contributed by atoms with E-state index < -0.39 is 0 Å². The Morgan fingerprint density at radius 3 is 2.87 bits per heavy atom. The molecule has 0 saturated carbocycles. The van der Waals surface area contributed by atoms with Crippen LogP contribution in [0.25, 0.3) is 10.8 Å². The van der Waals surface area contributed by atoms with Crippen LogP contribution in [0.3, 0.4) is 0 Å². The number of pyridine rings is 1. The number of carbonyl (C=O) groups is 1. The minimum absolute atomic E-state index is 0.243. The summed E-state index contributed by atoms with van der Waals surface area (Å²) in [4.78, 5) is 30.0. The first-order chi connectivity index (χ1) is 11.1. The zero-order valence-corrected chi connectivity index (χ0v) is 12.6. The molecule has 23 heavy (non-hydrogen) atoms. The number of aromatic amines is 1. The molecule has 3 N–H and O–H groups in total. The van der Waals surface area contributed by atoms with Gasteiger partial charge in [-0.2, -0.15) is 10.1 Å². The van der Waals surface area contributed by atoms with E-state index in [1.54, 1.807) is 17.7 Å². The number of amides is 1. The molecule has 1 aliphatic rings. The minimum atomic E-state index is -0.379. The van der Waals surface area contributed by atoms with Crippen LogP contribution in [0.1, 0.15) is 12.8 Å². The number of H-pyrrole nitrogens is 1. The molecule has 3 rings (SSSR count). The van der Waals surface area contributed by atoms with Crippen molar-refractivity contribution in [2.24, 2.45) is 5.92 Å². The van der Waals surface area contributed by atoms with Crippen LogP contribution < -0.4 is 20.7 Å². The summed E-state index contributed by atoms with van der Waals surface area (Å²) in [6.45, 7) is 1.10. The number of aromatic nitrogens is 3. The Morgan fingerprint density at radius 1 is 1.48 bits per heavy atom. The SMILES string of the molecule is COc1cc2cn[nH]c(=O)c2c(N2CCC(C(=O)NO)CC2)n1. The zero-order valence-electron chi connectivity index (χ0n) is 12.6. The number of hydroxylamine groups is 1. The number of hydrogen-bond donors (Lipinski definition) is 3. The van der Waals surface area contributed by atoms with Crippen molar-refractivity contribution in [1.82, 2.24) is 20.7 Å². The lowest BCUT2D eigenvalue weighted by atomic mass is 9.96. The summed E-state index contributed by atoms with van der Waals surface area (Å²) in [5.41, 5.74) is 1.37. The third kappa shape index (κ3) is 2.82. The topological polar surface area (TPSA) is 120 Å². The maximum atomic E-state index is 12.1. The predicted octanol–water partition coefficient (Wildman–Crippen LogP) is 0.0485. The second-order valence-electron chi connectivity index (χ2n) is 5.39. The van der Waals surface area contributed by atoms with Gasteiger partial charge in [0.25, 0.3) is 5.56 Å². The molecule has 1 saturated heterocycles. The van der Waals surface area contributed by atoms with Crippen LogP contribution in [0.2, 0.25) is 0 Å². The van der Waals surface area contributed by atoms with Crippen molar-refractivity contribution in [3.05, 3.63) is 22.6 Å². The Morgan fingerprint density at radius 2 is 2.22 bits per heavy atom. The number of rotatable bonds is 3. The first-order valence-electron chi connectivity index (χ1n) is 7.25. The van der Waals surface area contributed by atoms with Gasteiger partial charge < -0.3 is 9.64 Å². The maximum absolute atomic E-state index is 12.1. The number of nitrogens with zero attached hydrogens (tertiary/aromatic N) is 3. The fourth-order valence-electron chi connectivity index (χ4n) is 2.86. The summed E-state index contributed by atoms with van der Waals surface area (Å²) >= 11 is 0. The van der Waals surface area contributed by atoms with Crippen LogP contribution in [-0.4, -0.2) is 46.5 Å². The number of fused-ring (bicyclic) bond motifs is 1. The van der Waals surface area contributed by atoms with Crippen LogP contribution in [0.4, 0.5) is 5.82 Å². The number of nitrogens with one attached hydrogen (secondary N) is 2. The minimum Gasteiger partial charge on any atom is -0.481 e. The molecule has 1 amide bonds. The van der Waals surface area contributed by atoms with E-state index in [0.29, 0.717) is 48.4 Å². The van der Waals surface area contributed by atoms with Crippen LogP contribution in [-0.2, 0) is 4.79 Å². The number of anilines is 1. The molecule has 9 heteroatoms. The lowest BCUT2D eigenvalue weighted by Gasteiger charge is -2.32. The van der Waals surface area contributed by atoms with Crippen molar-refractivity contribution in [2.45, 2.75) is 12.8 Å². The first-order valence-corrected chi connectivity index (χ1v) is 7.25. The van der Waals surface area contributed by atoms with Crippen molar-refractivity contribution < 1.29 is 14.7 Å². The Labute approximate surface area is 131 Å². The van der Waals surface area contributed by atoms with Gasteiger partial charge in [-0.05, 0) is 12.8 Å². The summed E-state index contributed by atoms with van der Waals surface area (Å²) in [6.07, 6.45) is 2.68. The molecule has 0 unspecified atom stereocenters. The van der Waals surface area contributed by atoms with Crippen LogP contribution in [0, 0.1) is 5.92 Å². The average molecular weight is 319 g/mol. The molecule has 1 fully saturated rings. The molecule has 0 atom stereocenters. The van der Waals surface area contributed by atoms with E-state index in [1.165, 1.54) is 7.11 Å². The number of piperidine rings is 1. The van der Waals surface area contributed by atoms with E-state index in [0.717, 1.165) is 0 Å². The molecule has 0 radical (unpaired) electrons. The first kappa shape index (κ1) is 15.2. The van der Waals surface area contributed by atoms with Gasteiger partial charge >= 0.3 is 0 Å². The zero-order chi connectivity index (χ0) is 16.4. The third-order valence-corrected chi connectivity index (χ3v) is 4.09. The quantitative estimate of drug-likeness (QED) is 0.540. The highest BCUT2D eigenvalue weighted by atomic mass is 16.5.